The zero-order valence-corrected chi connectivity index (χ0v) is 9.20. The lowest BCUT2D eigenvalue weighted by Crippen LogP contribution is -2.10. The Hall–Kier alpha value is -1.77. The lowest BCUT2D eigenvalue weighted by molar-refractivity contribution is 0.187. The van der Waals surface area contributed by atoms with E-state index >= 15 is 0 Å². The summed E-state index contributed by atoms with van der Waals surface area (Å²) in [6.45, 7) is 4.06. The maximum Gasteiger partial charge on any atom is 0.411 e. The first-order chi connectivity index (χ1) is 7.11. The summed E-state index contributed by atoms with van der Waals surface area (Å²) < 4.78 is 4.51. The third-order valence-corrected chi connectivity index (χ3v) is 1.77. The summed E-state index contributed by atoms with van der Waals surface area (Å²) in [5.41, 5.74) is 3.01. The Balaban J connectivity index is 2.83. The molecule has 0 unspecified atom stereocenters. The second kappa shape index (κ2) is 5.20. The van der Waals surface area contributed by atoms with Crippen LogP contribution in [-0.4, -0.2) is 13.2 Å². The predicted octanol–water partition coefficient (Wildman–Crippen LogP) is 3.29. The van der Waals surface area contributed by atoms with Crippen LogP contribution in [0.1, 0.15) is 19.4 Å². The molecule has 15 heavy (non-hydrogen) atoms. The number of amides is 1. The number of methoxy groups -OCH3 is 1. The van der Waals surface area contributed by atoms with Crippen molar-refractivity contribution in [2.24, 2.45) is 0 Å². The van der Waals surface area contributed by atoms with Crippen LogP contribution < -0.4 is 5.32 Å². The summed E-state index contributed by atoms with van der Waals surface area (Å²) >= 11 is 0. The van der Waals surface area contributed by atoms with E-state index in [1.165, 1.54) is 12.7 Å². The van der Waals surface area contributed by atoms with Crippen molar-refractivity contribution < 1.29 is 9.53 Å². The molecule has 0 radical (unpaired) electrons. The summed E-state index contributed by atoms with van der Waals surface area (Å²) in [5.74, 6) is 0. The van der Waals surface area contributed by atoms with Gasteiger partial charge in [0.2, 0.25) is 0 Å². The minimum absolute atomic E-state index is 0.454. The maximum absolute atomic E-state index is 11.0. The van der Waals surface area contributed by atoms with Crippen LogP contribution in [0.3, 0.4) is 0 Å². The third kappa shape index (κ3) is 3.85. The van der Waals surface area contributed by atoms with E-state index in [4.69, 9.17) is 0 Å². The van der Waals surface area contributed by atoms with Gasteiger partial charge < -0.3 is 4.74 Å². The Bertz CT molecular complexity index is 379. The van der Waals surface area contributed by atoms with Gasteiger partial charge in [-0.2, -0.15) is 0 Å². The second-order valence-corrected chi connectivity index (χ2v) is 3.46. The fourth-order valence-corrected chi connectivity index (χ4v) is 1.21. The molecule has 1 aromatic rings. The largest absolute Gasteiger partial charge is 0.453 e. The Kier molecular flexibility index (Phi) is 3.92. The molecule has 1 aromatic carbocycles. The lowest BCUT2D eigenvalue weighted by atomic mass is 10.1. The number of ether oxygens (including phenoxy) is 1. The van der Waals surface area contributed by atoms with Gasteiger partial charge in [0.05, 0.1) is 7.11 Å². The maximum atomic E-state index is 11.0. The van der Waals surface area contributed by atoms with E-state index in [9.17, 15) is 4.79 Å². The molecular weight excluding hydrogens is 190 g/mol. The van der Waals surface area contributed by atoms with Crippen molar-refractivity contribution in [2.45, 2.75) is 13.8 Å². The quantitative estimate of drug-likeness (QED) is 0.804. The topological polar surface area (TPSA) is 38.3 Å². The van der Waals surface area contributed by atoms with Gasteiger partial charge in [0.1, 0.15) is 0 Å². The zero-order valence-electron chi connectivity index (χ0n) is 9.20. The van der Waals surface area contributed by atoms with Crippen molar-refractivity contribution in [1.82, 2.24) is 0 Å². The number of carbonyl (C=O) groups excluding carboxylic acids is 1. The average Bonchev–Trinajstić information content (AvgIpc) is 2.17. The molecule has 0 atom stereocenters. The highest BCUT2D eigenvalue weighted by molar-refractivity contribution is 5.84. The van der Waals surface area contributed by atoms with E-state index in [1.54, 1.807) is 0 Å². The number of hydrogen-bond acceptors (Lipinski definition) is 2. The fourth-order valence-electron chi connectivity index (χ4n) is 1.21. The average molecular weight is 205 g/mol. The summed E-state index contributed by atoms with van der Waals surface area (Å²) in [6, 6.07) is 7.58. The highest BCUT2D eigenvalue weighted by atomic mass is 16.5. The van der Waals surface area contributed by atoms with Crippen molar-refractivity contribution in [3.63, 3.8) is 0 Å². The molecule has 3 nitrogen and oxygen atoms in total. The molecule has 0 bridgehead atoms. The van der Waals surface area contributed by atoms with Crippen LogP contribution in [0.2, 0.25) is 0 Å². The lowest BCUT2D eigenvalue weighted by Gasteiger charge is -2.04. The molecule has 1 amide bonds. The number of rotatable bonds is 2. The van der Waals surface area contributed by atoms with Crippen molar-refractivity contribution in [2.75, 3.05) is 12.4 Å². The molecule has 1 rings (SSSR count). The van der Waals surface area contributed by atoms with Crippen molar-refractivity contribution in [1.29, 1.82) is 0 Å². The van der Waals surface area contributed by atoms with E-state index in [0.717, 1.165) is 11.3 Å². The van der Waals surface area contributed by atoms with Gasteiger partial charge in [-0.1, -0.05) is 23.8 Å². The van der Waals surface area contributed by atoms with Crippen LogP contribution in [0.4, 0.5) is 10.5 Å². The Morgan fingerprint density at radius 2 is 2.13 bits per heavy atom. The number of carbonyl (C=O) groups is 1. The first-order valence-electron chi connectivity index (χ1n) is 4.72. The van der Waals surface area contributed by atoms with Gasteiger partial charge in [0.25, 0.3) is 0 Å². The molecule has 3 heteroatoms. The SMILES string of the molecule is COC(=O)Nc1cccc(C=C(C)C)c1. The molecular formula is C12H15NO2. The standard InChI is InChI=1S/C12H15NO2/c1-9(2)7-10-5-4-6-11(8-10)13-12(14)15-3/h4-8H,1-3H3,(H,13,14). The molecule has 0 fully saturated rings. The molecule has 0 saturated heterocycles. The predicted molar refractivity (Wildman–Crippen MR) is 61.8 cm³/mol. The van der Waals surface area contributed by atoms with E-state index in [1.807, 2.05) is 44.2 Å². The molecule has 80 valence electrons. The van der Waals surface area contributed by atoms with Gasteiger partial charge >= 0.3 is 6.09 Å². The number of benzene rings is 1. The molecule has 0 aliphatic rings. The van der Waals surface area contributed by atoms with Crippen LogP contribution in [0.25, 0.3) is 6.08 Å². The van der Waals surface area contributed by atoms with Gasteiger partial charge in [-0.15, -0.1) is 0 Å². The zero-order chi connectivity index (χ0) is 11.3. The first-order valence-corrected chi connectivity index (χ1v) is 4.72. The number of anilines is 1. The Labute approximate surface area is 89.8 Å². The summed E-state index contributed by atoms with van der Waals surface area (Å²) in [5, 5.41) is 2.61. The first kappa shape index (κ1) is 11.3. The molecule has 1 N–H and O–H groups in total. The van der Waals surface area contributed by atoms with E-state index in [-0.39, 0.29) is 0 Å². The summed E-state index contributed by atoms with van der Waals surface area (Å²) in [7, 11) is 1.34. The highest BCUT2D eigenvalue weighted by Crippen LogP contribution is 2.13. The molecule has 0 aliphatic heterocycles. The van der Waals surface area contributed by atoms with Gasteiger partial charge in [0, 0.05) is 5.69 Å². The van der Waals surface area contributed by atoms with Gasteiger partial charge in [-0.3, -0.25) is 5.32 Å². The summed E-state index contributed by atoms with van der Waals surface area (Å²) in [4.78, 5) is 11.0. The van der Waals surface area contributed by atoms with Crippen molar-refractivity contribution in [3.05, 3.63) is 35.4 Å². The normalized spacial score (nSPS) is 9.27. The number of hydrogen-bond donors (Lipinski definition) is 1. The van der Waals surface area contributed by atoms with Gasteiger partial charge in [-0.05, 0) is 31.5 Å². The number of nitrogens with one attached hydrogen (secondary N) is 1. The van der Waals surface area contributed by atoms with Crippen LogP contribution in [0.15, 0.2) is 29.8 Å². The molecule has 0 aromatic heterocycles. The smallest absolute Gasteiger partial charge is 0.411 e. The summed E-state index contributed by atoms with van der Waals surface area (Å²) in [6.07, 6.45) is 1.59. The number of allylic oxidation sites excluding steroid dienone is 1. The van der Waals surface area contributed by atoms with Crippen molar-refractivity contribution in [3.8, 4) is 0 Å². The van der Waals surface area contributed by atoms with E-state index in [0.29, 0.717) is 0 Å². The van der Waals surface area contributed by atoms with E-state index in [2.05, 4.69) is 10.1 Å². The van der Waals surface area contributed by atoms with E-state index < -0.39 is 6.09 Å². The van der Waals surface area contributed by atoms with Gasteiger partial charge in [-0.25, -0.2) is 4.79 Å². The van der Waals surface area contributed by atoms with Crippen LogP contribution in [0, 0.1) is 0 Å². The Morgan fingerprint density at radius 3 is 2.73 bits per heavy atom. The molecule has 0 heterocycles. The van der Waals surface area contributed by atoms with Crippen molar-refractivity contribution >= 4 is 17.9 Å². The monoisotopic (exact) mass is 205 g/mol. The van der Waals surface area contributed by atoms with Crippen LogP contribution in [0.5, 0.6) is 0 Å². The highest BCUT2D eigenvalue weighted by Gasteiger charge is 1.99. The molecule has 0 aliphatic carbocycles. The van der Waals surface area contributed by atoms with Crippen LogP contribution in [-0.2, 0) is 4.74 Å². The molecule has 0 saturated carbocycles. The molecule has 0 spiro atoms. The Morgan fingerprint density at radius 1 is 1.40 bits per heavy atom. The minimum atomic E-state index is -0.454. The third-order valence-electron chi connectivity index (χ3n) is 1.77. The van der Waals surface area contributed by atoms with Gasteiger partial charge in [0.15, 0.2) is 0 Å². The fraction of sp³-hybridized carbons (Fsp3) is 0.250. The van der Waals surface area contributed by atoms with Crippen LogP contribution >= 0.6 is 0 Å². The minimum Gasteiger partial charge on any atom is -0.453 e. The second-order valence-electron chi connectivity index (χ2n) is 3.46.